The fourth-order valence-electron chi connectivity index (χ4n) is 1.72. The predicted molar refractivity (Wildman–Crippen MR) is 70.5 cm³/mol. The summed E-state index contributed by atoms with van der Waals surface area (Å²) in [5.74, 6) is 1.97. The molecule has 0 bridgehead atoms. The summed E-state index contributed by atoms with van der Waals surface area (Å²) in [6, 6.07) is 5.82. The highest BCUT2D eigenvalue weighted by Crippen LogP contribution is 2.32. The minimum absolute atomic E-state index is 0.271. The molecule has 16 heavy (non-hydrogen) atoms. The van der Waals surface area contributed by atoms with Crippen molar-refractivity contribution >= 4 is 23.4 Å². The number of rotatable bonds is 4. The third-order valence-electron chi connectivity index (χ3n) is 2.66. The molecule has 2 unspecified atom stereocenters. The van der Waals surface area contributed by atoms with Gasteiger partial charge in [-0.05, 0) is 23.8 Å². The van der Waals surface area contributed by atoms with E-state index < -0.39 is 0 Å². The molecule has 0 fully saturated rings. The zero-order chi connectivity index (χ0) is 11.5. The van der Waals surface area contributed by atoms with Gasteiger partial charge >= 0.3 is 0 Å². The van der Waals surface area contributed by atoms with Crippen molar-refractivity contribution in [3.63, 3.8) is 0 Å². The number of nitrogens with two attached hydrogens (primary N) is 1. The number of fused-ring (bicyclic) bond motifs is 1. The Hall–Kier alpha value is -0.380. The third kappa shape index (κ3) is 2.84. The molecule has 0 saturated carbocycles. The van der Waals surface area contributed by atoms with Crippen LogP contribution in [-0.4, -0.2) is 23.7 Å². The Kier molecular flexibility index (Phi) is 4.00. The van der Waals surface area contributed by atoms with Crippen LogP contribution in [0.2, 0.25) is 5.02 Å². The lowest BCUT2D eigenvalue weighted by molar-refractivity contribution is 0.259. The Morgan fingerprint density at radius 1 is 1.62 bits per heavy atom. The van der Waals surface area contributed by atoms with Gasteiger partial charge in [0.25, 0.3) is 0 Å². The minimum atomic E-state index is 0.271. The molecular weight excluding hydrogens is 242 g/mol. The van der Waals surface area contributed by atoms with E-state index >= 15 is 0 Å². The van der Waals surface area contributed by atoms with Gasteiger partial charge in [0.15, 0.2) is 0 Å². The highest BCUT2D eigenvalue weighted by molar-refractivity contribution is 7.99. The van der Waals surface area contributed by atoms with E-state index in [1.54, 1.807) is 0 Å². The normalized spacial score (nSPS) is 20.3. The molecule has 88 valence electrons. The van der Waals surface area contributed by atoms with Gasteiger partial charge in [0.1, 0.15) is 11.9 Å². The first kappa shape index (κ1) is 12.1. The van der Waals surface area contributed by atoms with Gasteiger partial charge in [-0.2, -0.15) is 11.8 Å². The minimum Gasteiger partial charge on any atom is -0.489 e. The van der Waals surface area contributed by atoms with Crippen LogP contribution in [0, 0.1) is 0 Å². The first-order chi connectivity index (χ1) is 7.69. The summed E-state index contributed by atoms with van der Waals surface area (Å²) < 4.78 is 5.84. The SMILES string of the molecule is CC(CN)SCC1Cc2cc(Cl)ccc2O1. The van der Waals surface area contributed by atoms with Crippen molar-refractivity contribution in [3.8, 4) is 5.75 Å². The fourth-order valence-corrected chi connectivity index (χ4v) is 2.78. The summed E-state index contributed by atoms with van der Waals surface area (Å²) >= 11 is 7.81. The van der Waals surface area contributed by atoms with Gasteiger partial charge in [-0.3, -0.25) is 0 Å². The molecule has 2 rings (SSSR count). The Morgan fingerprint density at radius 3 is 3.19 bits per heavy atom. The summed E-state index contributed by atoms with van der Waals surface area (Å²) in [7, 11) is 0. The van der Waals surface area contributed by atoms with Crippen molar-refractivity contribution in [2.24, 2.45) is 5.73 Å². The fraction of sp³-hybridized carbons (Fsp3) is 0.500. The zero-order valence-electron chi connectivity index (χ0n) is 9.28. The molecule has 1 aromatic carbocycles. The summed E-state index contributed by atoms with van der Waals surface area (Å²) in [4.78, 5) is 0. The van der Waals surface area contributed by atoms with E-state index in [4.69, 9.17) is 22.1 Å². The van der Waals surface area contributed by atoms with Crippen LogP contribution in [0.1, 0.15) is 12.5 Å². The molecule has 2 N–H and O–H groups in total. The van der Waals surface area contributed by atoms with Gasteiger partial charge in [-0.15, -0.1) is 0 Å². The molecule has 0 aliphatic carbocycles. The molecular formula is C12H16ClNOS. The Bertz CT molecular complexity index is 372. The molecule has 1 aliphatic rings. The van der Waals surface area contributed by atoms with Gasteiger partial charge in [-0.25, -0.2) is 0 Å². The summed E-state index contributed by atoms with van der Waals surface area (Å²) in [5.41, 5.74) is 6.80. The van der Waals surface area contributed by atoms with E-state index in [-0.39, 0.29) is 6.10 Å². The summed E-state index contributed by atoms with van der Waals surface area (Å²) in [5, 5.41) is 1.28. The number of hydrogen-bond acceptors (Lipinski definition) is 3. The number of hydrogen-bond donors (Lipinski definition) is 1. The zero-order valence-corrected chi connectivity index (χ0v) is 10.9. The monoisotopic (exact) mass is 257 g/mol. The van der Waals surface area contributed by atoms with E-state index in [0.29, 0.717) is 5.25 Å². The number of halogens is 1. The smallest absolute Gasteiger partial charge is 0.123 e. The molecule has 2 atom stereocenters. The highest BCUT2D eigenvalue weighted by atomic mass is 35.5. The van der Waals surface area contributed by atoms with E-state index in [9.17, 15) is 0 Å². The van der Waals surface area contributed by atoms with Crippen LogP contribution in [0.15, 0.2) is 18.2 Å². The number of ether oxygens (including phenoxy) is 1. The predicted octanol–water partition coefficient (Wildman–Crippen LogP) is 2.72. The molecule has 1 aromatic rings. The van der Waals surface area contributed by atoms with Gasteiger partial charge < -0.3 is 10.5 Å². The number of thioether (sulfide) groups is 1. The van der Waals surface area contributed by atoms with E-state index in [1.165, 1.54) is 5.56 Å². The van der Waals surface area contributed by atoms with Crippen molar-refractivity contribution in [3.05, 3.63) is 28.8 Å². The van der Waals surface area contributed by atoms with Crippen molar-refractivity contribution < 1.29 is 4.74 Å². The van der Waals surface area contributed by atoms with Gasteiger partial charge in [0.05, 0.1) is 0 Å². The molecule has 4 heteroatoms. The van der Waals surface area contributed by atoms with Crippen LogP contribution >= 0.6 is 23.4 Å². The van der Waals surface area contributed by atoms with E-state index in [1.807, 2.05) is 30.0 Å². The number of benzene rings is 1. The lowest BCUT2D eigenvalue weighted by Gasteiger charge is -2.13. The maximum Gasteiger partial charge on any atom is 0.123 e. The average molecular weight is 258 g/mol. The van der Waals surface area contributed by atoms with Crippen LogP contribution in [0.25, 0.3) is 0 Å². The Balaban J connectivity index is 1.90. The van der Waals surface area contributed by atoms with Gasteiger partial charge in [0, 0.05) is 29.0 Å². The quantitative estimate of drug-likeness (QED) is 0.901. The average Bonchev–Trinajstić information content (AvgIpc) is 2.67. The molecule has 0 radical (unpaired) electrons. The van der Waals surface area contributed by atoms with Crippen molar-refractivity contribution in [2.75, 3.05) is 12.3 Å². The summed E-state index contributed by atoms with van der Waals surface area (Å²) in [6.07, 6.45) is 1.23. The van der Waals surface area contributed by atoms with Crippen LogP contribution in [0.4, 0.5) is 0 Å². The molecule has 1 heterocycles. The van der Waals surface area contributed by atoms with Crippen molar-refractivity contribution in [2.45, 2.75) is 24.7 Å². The van der Waals surface area contributed by atoms with Gasteiger partial charge in [0.2, 0.25) is 0 Å². The molecule has 0 saturated heterocycles. The van der Waals surface area contributed by atoms with Gasteiger partial charge in [-0.1, -0.05) is 18.5 Å². The largest absolute Gasteiger partial charge is 0.489 e. The second-order valence-corrected chi connectivity index (χ2v) is 5.98. The van der Waals surface area contributed by atoms with Crippen molar-refractivity contribution in [1.29, 1.82) is 0 Å². The molecule has 0 amide bonds. The third-order valence-corrected chi connectivity index (χ3v) is 4.22. The van der Waals surface area contributed by atoms with Crippen LogP contribution in [-0.2, 0) is 6.42 Å². The molecule has 1 aliphatic heterocycles. The van der Waals surface area contributed by atoms with Crippen LogP contribution < -0.4 is 10.5 Å². The van der Waals surface area contributed by atoms with E-state index in [2.05, 4.69) is 6.92 Å². The lowest BCUT2D eigenvalue weighted by atomic mass is 10.1. The standard InChI is InChI=1S/C12H16ClNOS/c1-8(6-14)16-7-11-5-9-4-10(13)2-3-12(9)15-11/h2-4,8,11H,5-7,14H2,1H3. The summed E-state index contributed by atoms with van der Waals surface area (Å²) in [6.45, 7) is 2.86. The highest BCUT2D eigenvalue weighted by Gasteiger charge is 2.23. The first-order valence-corrected chi connectivity index (χ1v) is 6.88. The van der Waals surface area contributed by atoms with Crippen LogP contribution in [0.3, 0.4) is 0 Å². The maximum absolute atomic E-state index is 5.94. The lowest BCUT2D eigenvalue weighted by Crippen LogP contribution is -2.20. The molecule has 0 aromatic heterocycles. The topological polar surface area (TPSA) is 35.2 Å². The van der Waals surface area contributed by atoms with E-state index in [0.717, 1.165) is 29.5 Å². The second kappa shape index (κ2) is 5.30. The van der Waals surface area contributed by atoms with Crippen LogP contribution in [0.5, 0.6) is 5.75 Å². The second-order valence-electron chi connectivity index (χ2n) is 4.08. The molecule has 2 nitrogen and oxygen atoms in total. The Labute approximate surface area is 105 Å². The first-order valence-electron chi connectivity index (χ1n) is 5.46. The maximum atomic E-state index is 5.94. The van der Waals surface area contributed by atoms with Crippen molar-refractivity contribution in [1.82, 2.24) is 0 Å². The Morgan fingerprint density at radius 2 is 2.44 bits per heavy atom. The molecule has 0 spiro atoms.